The van der Waals surface area contributed by atoms with Crippen LogP contribution in [0.15, 0.2) is 255 Å². The molecule has 3 heteroatoms. The van der Waals surface area contributed by atoms with Crippen molar-refractivity contribution in [3.8, 4) is 33.4 Å². The summed E-state index contributed by atoms with van der Waals surface area (Å²) in [6.45, 7) is 4.91. The first-order valence-electron chi connectivity index (χ1n) is 26.2. The fourth-order valence-corrected chi connectivity index (χ4v) is 15.0. The zero-order valence-corrected chi connectivity index (χ0v) is 42.4. The molecule has 3 aliphatic carbocycles. The smallest absolute Gasteiger partial charge is 0.0725 e. The number of hydrogen-bond donors (Lipinski definition) is 0. The van der Waals surface area contributed by atoms with E-state index in [0.717, 1.165) is 34.1 Å². The molecule has 1 atom stereocenters. The first-order valence-corrected chi connectivity index (χ1v) is 27.0. The van der Waals surface area contributed by atoms with Crippen LogP contribution in [0.5, 0.6) is 0 Å². The molecule has 2 nitrogen and oxygen atoms in total. The summed E-state index contributed by atoms with van der Waals surface area (Å²) in [5, 5.41) is 7.64. The Morgan fingerprint density at radius 3 is 1.57 bits per heavy atom. The molecule has 0 radical (unpaired) electrons. The Labute approximate surface area is 440 Å². The molecule has 13 aromatic rings. The highest BCUT2D eigenvalue weighted by Gasteiger charge is 2.52. The number of rotatable bonds is 6. The van der Waals surface area contributed by atoms with Gasteiger partial charge in [0.25, 0.3) is 0 Å². The Bertz CT molecular complexity index is 4490. The van der Waals surface area contributed by atoms with E-state index in [0.29, 0.717) is 0 Å². The van der Waals surface area contributed by atoms with Crippen LogP contribution in [0, 0.1) is 0 Å². The van der Waals surface area contributed by atoms with Gasteiger partial charge in [-0.1, -0.05) is 184 Å². The topological polar surface area (TPSA) is 6.48 Å². The Morgan fingerprint density at radius 1 is 0.293 bits per heavy atom. The van der Waals surface area contributed by atoms with Gasteiger partial charge in [-0.2, -0.15) is 0 Å². The Morgan fingerprint density at radius 2 is 0.840 bits per heavy atom. The predicted octanol–water partition coefficient (Wildman–Crippen LogP) is 20.0. The van der Waals surface area contributed by atoms with E-state index in [1.165, 1.54) is 108 Å². The minimum absolute atomic E-state index is 0.380. The van der Waals surface area contributed by atoms with Crippen LogP contribution in [0.3, 0.4) is 0 Å². The van der Waals surface area contributed by atoms with Crippen molar-refractivity contribution in [2.24, 2.45) is 0 Å². The van der Waals surface area contributed by atoms with Crippen molar-refractivity contribution in [2.75, 3.05) is 9.80 Å². The fraction of sp³-hybridized carbons (Fsp3) is 0.0556. The van der Waals surface area contributed by atoms with Gasteiger partial charge in [0.15, 0.2) is 0 Å². The van der Waals surface area contributed by atoms with E-state index in [-0.39, 0.29) is 5.41 Å². The van der Waals surface area contributed by atoms with Crippen molar-refractivity contribution < 1.29 is 0 Å². The van der Waals surface area contributed by atoms with Crippen LogP contribution in [-0.4, -0.2) is 0 Å². The number of anilines is 6. The van der Waals surface area contributed by atoms with Crippen molar-refractivity contribution in [1.82, 2.24) is 0 Å². The number of fused-ring (bicyclic) bond motifs is 19. The normalized spacial score (nSPS) is 15.2. The predicted molar refractivity (Wildman–Crippen MR) is 318 cm³/mol. The SMILES string of the molecule is CC1(C)c2c(cc(N(c3ccccc3)c3ccccc3)cc2N(c2ccc3c(c2)-c2ccccc2C32c3ccccc3-c3cc4ccccc4cc32)c2ccc3sc4ccccc4c3c2)-c2ccc3ccccc3c21. The molecular weight excluding hydrogens is 925 g/mol. The van der Waals surface area contributed by atoms with Crippen molar-refractivity contribution in [3.63, 3.8) is 0 Å². The summed E-state index contributed by atoms with van der Waals surface area (Å²) >= 11 is 1.87. The molecule has 0 bridgehead atoms. The van der Waals surface area contributed by atoms with Gasteiger partial charge in [-0.3, -0.25) is 0 Å². The standard InChI is InChI=1S/C72H48N2S/c1-71(2)69-53-26-12-11-19-45(53)33-36-57(69)61-43-52(73(48-22-5-3-6-23-48)49-24-7-4-8-25-49)44-66(70(61)71)74(51-35-38-68-60(42-51)56-29-15-18-32-67(56)75-68)50-34-37-64-59(41-50)55-28-14-17-31-63(55)72(64)62-30-16-13-27-54(62)58-39-46-20-9-10-21-47(46)40-65(58)72/h3-44H,1-2H3. The highest BCUT2D eigenvalue weighted by atomic mass is 32.1. The lowest BCUT2D eigenvalue weighted by atomic mass is 9.70. The third kappa shape index (κ3) is 5.90. The minimum atomic E-state index is -0.489. The van der Waals surface area contributed by atoms with Gasteiger partial charge >= 0.3 is 0 Å². The van der Waals surface area contributed by atoms with E-state index in [1.54, 1.807) is 0 Å². The minimum Gasteiger partial charge on any atom is -0.310 e. The van der Waals surface area contributed by atoms with Crippen LogP contribution in [0.25, 0.3) is 75.1 Å². The maximum atomic E-state index is 2.61. The van der Waals surface area contributed by atoms with E-state index in [2.05, 4.69) is 278 Å². The number of thiophene rings is 1. The molecule has 1 unspecified atom stereocenters. The van der Waals surface area contributed by atoms with Gasteiger partial charge in [-0.15, -0.1) is 11.3 Å². The molecule has 352 valence electrons. The lowest BCUT2D eigenvalue weighted by Crippen LogP contribution is -2.26. The van der Waals surface area contributed by atoms with Gasteiger partial charge < -0.3 is 9.80 Å². The molecule has 1 heterocycles. The van der Waals surface area contributed by atoms with E-state index in [4.69, 9.17) is 0 Å². The van der Waals surface area contributed by atoms with E-state index < -0.39 is 5.41 Å². The molecule has 0 amide bonds. The van der Waals surface area contributed by atoms with Crippen molar-refractivity contribution in [1.29, 1.82) is 0 Å². The third-order valence-corrected chi connectivity index (χ3v) is 18.1. The maximum absolute atomic E-state index is 2.61. The first-order chi connectivity index (χ1) is 36.9. The number of nitrogens with zero attached hydrogens (tertiary/aromatic N) is 2. The van der Waals surface area contributed by atoms with E-state index >= 15 is 0 Å². The van der Waals surface area contributed by atoms with Crippen molar-refractivity contribution >= 4 is 87.2 Å². The average molecular weight is 973 g/mol. The van der Waals surface area contributed by atoms with Crippen LogP contribution in [-0.2, 0) is 10.8 Å². The van der Waals surface area contributed by atoms with Crippen LogP contribution in [0.1, 0.15) is 47.2 Å². The Balaban J connectivity index is 1.01. The van der Waals surface area contributed by atoms with Gasteiger partial charge in [0.05, 0.1) is 11.1 Å². The molecule has 0 fully saturated rings. The third-order valence-electron chi connectivity index (χ3n) is 16.9. The second-order valence-electron chi connectivity index (χ2n) is 21.2. The molecule has 12 aromatic carbocycles. The Kier molecular flexibility index (Phi) is 8.92. The number of benzene rings is 12. The summed E-state index contributed by atoms with van der Waals surface area (Å²) in [7, 11) is 0. The largest absolute Gasteiger partial charge is 0.310 e. The zero-order valence-electron chi connectivity index (χ0n) is 41.6. The average Bonchev–Trinajstić information content (AvgIpc) is 4.33. The highest BCUT2D eigenvalue weighted by Crippen LogP contribution is 2.65. The van der Waals surface area contributed by atoms with Crippen LogP contribution in [0.2, 0.25) is 0 Å². The van der Waals surface area contributed by atoms with E-state index in [1.807, 2.05) is 11.3 Å². The fourth-order valence-electron chi connectivity index (χ4n) is 13.9. The van der Waals surface area contributed by atoms with Gasteiger partial charge in [-0.25, -0.2) is 0 Å². The molecular formula is C72H48N2S. The second kappa shape index (κ2) is 15.7. The van der Waals surface area contributed by atoms with Crippen molar-refractivity contribution in [2.45, 2.75) is 24.7 Å². The summed E-state index contributed by atoms with van der Waals surface area (Å²) < 4.78 is 2.58. The molecule has 1 spiro atoms. The maximum Gasteiger partial charge on any atom is 0.0725 e. The van der Waals surface area contributed by atoms with Gasteiger partial charge in [0.1, 0.15) is 0 Å². The quantitative estimate of drug-likeness (QED) is 0.164. The van der Waals surface area contributed by atoms with Crippen LogP contribution < -0.4 is 9.80 Å². The lowest BCUT2D eigenvalue weighted by Gasteiger charge is -2.35. The monoisotopic (exact) mass is 972 g/mol. The lowest BCUT2D eigenvalue weighted by molar-refractivity contribution is 0.666. The summed E-state index contributed by atoms with van der Waals surface area (Å²) in [6.07, 6.45) is 0. The van der Waals surface area contributed by atoms with Gasteiger partial charge in [-0.05, 0) is 173 Å². The molecule has 0 saturated carbocycles. The van der Waals surface area contributed by atoms with E-state index in [9.17, 15) is 0 Å². The first kappa shape index (κ1) is 42.5. The molecule has 16 rings (SSSR count). The molecule has 3 aliphatic rings. The van der Waals surface area contributed by atoms with Crippen LogP contribution >= 0.6 is 11.3 Å². The van der Waals surface area contributed by atoms with Crippen LogP contribution in [0.4, 0.5) is 34.1 Å². The summed E-state index contributed by atoms with van der Waals surface area (Å²) in [4.78, 5) is 5.04. The molecule has 75 heavy (non-hydrogen) atoms. The second-order valence-corrected chi connectivity index (χ2v) is 22.2. The Hall–Kier alpha value is -9.02. The van der Waals surface area contributed by atoms with Gasteiger partial charge in [0.2, 0.25) is 0 Å². The number of para-hydroxylation sites is 2. The molecule has 0 saturated heterocycles. The van der Waals surface area contributed by atoms with Gasteiger partial charge in [0, 0.05) is 54.0 Å². The number of hydrogen-bond acceptors (Lipinski definition) is 3. The molecule has 0 N–H and O–H groups in total. The summed E-state index contributed by atoms with van der Waals surface area (Å²) in [6, 6.07) is 96.0. The van der Waals surface area contributed by atoms with Crippen molar-refractivity contribution in [3.05, 3.63) is 288 Å². The zero-order chi connectivity index (χ0) is 49.6. The summed E-state index contributed by atoms with van der Waals surface area (Å²) in [5.74, 6) is 0. The molecule has 1 aromatic heterocycles. The summed E-state index contributed by atoms with van der Waals surface area (Å²) in [5.41, 5.74) is 21.6. The molecule has 0 aliphatic heterocycles. The highest BCUT2D eigenvalue weighted by molar-refractivity contribution is 7.25.